The number of ether oxygens (including phenoxy) is 2. The summed E-state index contributed by atoms with van der Waals surface area (Å²) in [6, 6.07) is 4.87. The number of nitrogens with zero attached hydrogens (tertiary/aromatic N) is 1. The Kier molecular flexibility index (Phi) is 5.92. The minimum atomic E-state index is -0.534. The molecule has 0 saturated heterocycles. The number of carbonyl (C=O) groups is 3. The average molecular weight is 394 g/mol. The van der Waals surface area contributed by atoms with E-state index in [4.69, 9.17) is 9.47 Å². The molecule has 1 heterocycles. The molecular formula is C17H16BrNO5. The molecule has 1 aliphatic rings. The molecule has 1 aromatic rings. The summed E-state index contributed by atoms with van der Waals surface area (Å²) in [7, 11) is 2.73. The van der Waals surface area contributed by atoms with E-state index in [1.165, 1.54) is 26.4 Å². The predicted octanol–water partition coefficient (Wildman–Crippen LogP) is 2.53. The molecule has 2 amide bonds. The fourth-order valence-corrected chi connectivity index (χ4v) is 2.65. The van der Waals surface area contributed by atoms with Gasteiger partial charge in [-0.05, 0) is 46.1 Å². The first-order valence-corrected chi connectivity index (χ1v) is 7.93. The van der Waals surface area contributed by atoms with Crippen LogP contribution in [-0.4, -0.2) is 43.4 Å². The van der Waals surface area contributed by atoms with Crippen LogP contribution in [0.3, 0.4) is 0 Å². The average Bonchev–Trinajstić information content (AvgIpc) is 2.61. The maximum Gasteiger partial charge on any atom is 0.341 e. The monoisotopic (exact) mass is 393 g/mol. The maximum absolute atomic E-state index is 12.2. The number of imide groups is 1. The van der Waals surface area contributed by atoms with E-state index in [9.17, 15) is 14.4 Å². The third-order valence-corrected chi connectivity index (χ3v) is 4.10. The van der Waals surface area contributed by atoms with Gasteiger partial charge in [0.2, 0.25) is 0 Å². The molecular weight excluding hydrogens is 378 g/mol. The summed E-state index contributed by atoms with van der Waals surface area (Å²) in [6.07, 6.45) is 5.18. The number of hydrogen-bond acceptors (Lipinski definition) is 5. The summed E-state index contributed by atoms with van der Waals surface area (Å²) in [4.78, 5) is 37.0. The highest BCUT2D eigenvalue weighted by Gasteiger charge is 2.24. The molecule has 0 spiro atoms. The van der Waals surface area contributed by atoms with Crippen LogP contribution in [0.1, 0.15) is 22.3 Å². The fraction of sp³-hybridized carbons (Fsp3) is 0.235. The van der Waals surface area contributed by atoms with Gasteiger partial charge in [-0.1, -0.05) is 12.1 Å². The van der Waals surface area contributed by atoms with Gasteiger partial charge >= 0.3 is 5.97 Å². The van der Waals surface area contributed by atoms with E-state index in [1.54, 1.807) is 24.3 Å². The second-order valence-electron chi connectivity index (χ2n) is 4.92. The Morgan fingerprint density at radius 3 is 2.71 bits per heavy atom. The van der Waals surface area contributed by atoms with Crippen LogP contribution < -0.4 is 4.74 Å². The number of esters is 1. The number of amides is 2. The summed E-state index contributed by atoms with van der Waals surface area (Å²) in [5.41, 5.74) is 0.873. The van der Waals surface area contributed by atoms with Gasteiger partial charge in [0.15, 0.2) is 0 Å². The Morgan fingerprint density at radius 1 is 1.29 bits per heavy atom. The first-order chi connectivity index (χ1) is 11.5. The molecule has 0 saturated carbocycles. The number of halogens is 1. The summed E-state index contributed by atoms with van der Waals surface area (Å²) >= 11 is 3.14. The normalized spacial score (nSPS) is 14.5. The van der Waals surface area contributed by atoms with Crippen molar-refractivity contribution in [1.82, 2.24) is 4.90 Å². The van der Waals surface area contributed by atoms with Gasteiger partial charge in [-0.3, -0.25) is 14.5 Å². The third-order valence-electron chi connectivity index (χ3n) is 3.44. The van der Waals surface area contributed by atoms with E-state index < -0.39 is 11.9 Å². The molecule has 24 heavy (non-hydrogen) atoms. The molecule has 0 aromatic heterocycles. The number of rotatable bonds is 4. The molecule has 1 aliphatic heterocycles. The van der Waals surface area contributed by atoms with Gasteiger partial charge in [0.1, 0.15) is 11.3 Å². The van der Waals surface area contributed by atoms with E-state index in [0.29, 0.717) is 28.8 Å². The molecule has 126 valence electrons. The molecule has 2 rings (SSSR count). The molecule has 0 unspecified atom stereocenters. The zero-order valence-electron chi connectivity index (χ0n) is 13.2. The molecule has 6 nitrogen and oxygen atoms in total. The minimum Gasteiger partial charge on any atom is -0.496 e. The standard InChI is InChI=1S/C17H16BrNO5/c1-23-14-7-5-11(10-12(14)17(22)24-2)6-8-15(20)19-9-3-4-13(18)16(19)21/h4-8,10H,3,9H2,1-2H3/b8-6+. The van der Waals surface area contributed by atoms with Gasteiger partial charge in [0.05, 0.1) is 18.7 Å². The van der Waals surface area contributed by atoms with E-state index in [1.807, 2.05) is 0 Å². The van der Waals surface area contributed by atoms with E-state index in [2.05, 4.69) is 15.9 Å². The quantitative estimate of drug-likeness (QED) is 0.580. The van der Waals surface area contributed by atoms with Crippen LogP contribution in [0, 0.1) is 0 Å². The Bertz CT molecular complexity index is 738. The van der Waals surface area contributed by atoms with Crippen LogP contribution in [0.4, 0.5) is 0 Å². The molecule has 0 aliphatic carbocycles. The topological polar surface area (TPSA) is 72.9 Å². The van der Waals surface area contributed by atoms with Gasteiger partial charge in [0, 0.05) is 12.6 Å². The molecule has 0 radical (unpaired) electrons. The van der Waals surface area contributed by atoms with Gasteiger partial charge in [-0.25, -0.2) is 4.79 Å². The van der Waals surface area contributed by atoms with Crippen LogP contribution in [0.15, 0.2) is 34.8 Å². The molecule has 7 heteroatoms. The van der Waals surface area contributed by atoms with Crippen molar-refractivity contribution in [3.63, 3.8) is 0 Å². The third kappa shape index (κ3) is 3.91. The molecule has 0 N–H and O–H groups in total. The maximum atomic E-state index is 12.2. The fourth-order valence-electron chi connectivity index (χ4n) is 2.20. The van der Waals surface area contributed by atoms with Crippen LogP contribution in [0.25, 0.3) is 6.08 Å². The Hall–Kier alpha value is -2.41. The number of hydrogen-bond donors (Lipinski definition) is 0. The predicted molar refractivity (Wildman–Crippen MR) is 91.7 cm³/mol. The van der Waals surface area contributed by atoms with Crippen molar-refractivity contribution in [1.29, 1.82) is 0 Å². The lowest BCUT2D eigenvalue weighted by molar-refractivity contribution is -0.139. The number of benzene rings is 1. The Labute approximate surface area is 147 Å². The van der Waals surface area contributed by atoms with Crippen molar-refractivity contribution in [2.24, 2.45) is 0 Å². The van der Waals surface area contributed by atoms with Crippen molar-refractivity contribution >= 4 is 39.8 Å². The Morgan fingerprint density at radius 2 is 2.04 bits per heavy atom. The zero-order chi connectivity index (χ0) is 17.7. The van der Waals surface area contributed by atoms with Crippen molar-refractivity contribution < 1.29 is 23.9 Å². The second-order valence-corrected chi connectivity index (χ2v) is 5.77. The smallest absolute Gasteiger partial charge is 0.341 e. The van der Waals surface area contributed by atoms with Gasteiger partial charge < -0.3 is 9.47 Å². The van der Waals surface area contributed by atoms with E-state index in [-0.39, 0.29) is 11.5 Å². The highest BCUT2D eigenvalue weighted by atomic mass is 79.9. The lowest BCUT2D eigenvalue weighted by Crippen LogP contribution is -2.38. The molecule has 0 fully saturated rings. The lowest BCUT2D eigenvalue weighted by atomic mass is 10.1. The van der Waals surface area contributed by atoms with Crippen LogP contribution in [0.5, 0.6) is 5.75 Å². The van der Waals surface area contributed by atoms with E-state index in [0.717, 1.165) is 4.90 Å². The molecule has 0 bridgehead atoms. The highest BCUT2D eigenvalue weighted by Crippen LogP contribution is 2.22. The van der Waals surface area contributed by atoms with E-state index >= 15 is 0 Å². The van der Waals surface area contributed by atoms with Crippen LogP contribution in [0.2, 0.25) is 0 Å². The Balaban J connectivity index is 2.20. The summed E-state index contributed by atoms with van der Waals surface area (Å²) in [5.74, 6) is -0.930. The van der Waals surface area contributed by atoms with Crippen molar-refractivity contribution in [3.8, 4) is 5.75 Å². The summed E-state index contributed by atoms with van der Waals surface area (Å²) in [5, 5.41) is 0. The summed E-state index contributed by atoms with van der Waals surface area (Å²) < 4.78 is 10.2. The first kappa shape index (κ1) is 17.9. The minimum absolute atomic E-state index is 0.259. The first-order valence-electron chi connectivity index (χ1n) is 7.14. The molecule has 0 atom stereocenters. The SMILES string of the molecule is COC(=O)c1cc(/C=C/C(=O)N2CCC=C(Br)C2=O)ccc1OC. The molecule has 1 aromatic carbocycles. The van der Waals surface area contributed by atoms with Gasteiger partial charge in [-0.15, -0.1) is 0 Å². The van der Waals surface area contributed by atoms with Crippen molar-refractivity contribution in [2.45, 2.75) is 6.42 Å². The van der Waals surface area contributed by atoms with Crippen LogP contribution in [-0.2, 0) is 14.3 Å². The zero-order valence-corrected chi connectivity index (χ0v) is 14.8. The van der Waals surface area contributed by atoms with Crippen LogP contribution >= 0.6 is 15.9 Å². The number of carbonyl (C=O) groups excluding carboxylic acids is 3. The van der Waals surface area contributed by atoms with Gasteiger partial charge in [0.25, 0.3) is 11.8 Å². The lowest BCUT2D eigenvalue weighted by Gasteiger charge is -2.21. The largest absolute Gasteiger partial charge is 0.496 e. The van der Waals surface area contributed by atoms with Gasteiger partial charge in [-0.2, -0.15) is 0 Å². The number of methoxy groups -OCH3 is 2. The van der Waals surface area contributed by atoms with Crippen molar-refractivity contribution in [2.75, 3.05) is 20.8 Å². The van der Waals surface area contributed by atoms with Crippen molar-refractivity contribution in [3.05, 3.63) is 46.0 Å². The highest BCUT2D eigenvalue weighted by molar-refractivity contribution is 9.12. The second kappa shape index (κ2) is 7.92. The summed E-state index contributed by atoms with van der Waals surface area (Å²) in [6.45, 7) is 0.340.